The molecule has 1 atom stereocenters. The summed E-state index contributed by atoms with van der Waals surface area (Å²) >= 11 is 0. The van der Waals surface area contributed by atoms with E-state index in [1.54, 1.807) is 0 Å². The summed E-state index contributed by atoms with van der Waals surface area (Å²) in [5, 5.41) is 0. The summed E-state index contributed by atoms with van der Waals surface area (Å²) in [6, 6.07) is 10.9. The third-order valence-electron chi connectivity index (χ3n) is 5.41. The highest BCUT2D eigenvalue weighted by molar-refractivity contribution is 5.57. The van der Waals surface area contributed by atoms with Gasteiger partial charge in [-0.05, 0) is 30.7 Å². The number of nitrogens with zero attached hydrogens (tertiary/aromatic N) is 1. The number of hydrogen-bond acceptors (Lipinski definition) is 4. The zero-order chi connectivity index (χ0) is 16.1. The average molecular weight is 323 g/mol. The van der Waals surface area contributed by atoms with Crippen molar-refractivity contribution in [3.8, 4) is 17.2 Å². The quantitative estimate of drug-likeness (QED) is 0.807. The highest BCUT2D eigenvalue weighted by Crippen LogP contribution is 2.45. The highest BCUT2D eigenvalue weighted by atomic mass is 16.7. The normalized spacial score (nSPS) is 21.8. The lowest BCUT2D eigenvalue weighted by molar-refractivity contribution is 0.173. The van der Waals surface area contributed by atoms with Gasteiger partial charge in [-0.2, -0.15) is 0 Å². The molecule has 3 aliphatic rings. The maximum atomic E-state index is 5.99. The Morgan fingerprint density at radius 2 is 1.92 bits per heavy atom. The van der Waals surface area contributed by atoms with E-state index >= 15 is 0 Å². The second-order valence-electron chi connectivity index (χ2n) is 6.87. The molecule has 3 aliphatic heterocycles. The molecule has 2 aromatic rings. The van der Waals surface area contributed by atoms with Crippen LogP contribution in [0.1, 0.15) is 28.2 Å². The van der Waals surface area contributed by atoms with Crippen molar-refractivity contribution in [3.05, 3.63) is 52.6 Å². The van der Waals surface area contributed by atoms with E-state index in [0.29, 0.717) is 12.7 Å². The van der Waals surface area contributed by atoms with E-state index < -0.39 is 0 Å². The van der Waals surface area contributed by atoms with Gasteiger partial charge in [0.1, 0.15) is 5.75 Å². The van der Waals surface area contributed by atoms with Crippen LogP contribution in [0.15, 0.2) is 30.3 Å². The summed E-state index contributed by atoms with van der Waals surface area (Å²) < 4.78 is 17.4. The fraction of sp³-hybridized carbons (Fsp3) is 0.400. The topological polar surface area (TPSA) is 30.9 Å². The molecule has 0 N–H and O–H groups in total. The number of ether oxygens (including phenoxy) is 3. The van der Waals surface area contributed by atoms with Gasteiger partial charge in [0.25, 0.3) is 0 Å². The summed E-state index contributed by atoms with van der Waals surface area (Å²) in [6.07, 6.45) is 2.00. The molecule has 0 saturated heterocycles. The van der Waals surface area contributed by atoms with Crippen LogP contribution in [0.3, 0.4) is 0 Å². The molecular formula is C20H21NO3. The largest absolute Gasteiger partial charge is 0.493 e. The van der Waals surface area contributed by atoms with E-state index in [9.17, 15) is 0 Å². The number of likely N-dealkylation sites (N-methyl/N-ethyl adjacent to an activating group) is 1. The molecule has 0 aromatic heterocycles. The predicted octanol–water partition coefficient (Wildman–Crippen LogP) is 2.97. The zero-order valence-corrected chi connectivity index (χ0v) is 13.9. The molecular weight excluding hydrogens is 302 g/mol. The molecule has 4 nitrogen and oxygen atoms in total. The Balaban J connectivity index is 1.68. The lowest BCUT2D eigenvalue weighted by Crippen LogP contribution is -2.24. The van der Waals surface area contributed by atoms with Gasteiger partial charge in [0.15, 0.2) is 11.5 Å². The van der Waals surface area contributed by atoms with Crippen molar-refractivity contribution in [1.29, 1.82) is 0 Å². The minimum atomic E-state index is 0.301. The van der Waals surface area contributed by atoms with Gasteiger partial charge in [-0.15, -0.1) is 0 Å². The molecule has 4 heteroatoms. The van der Waals surface area contributed by atoms with E-state index in [0.717, 1.165) is 49.8 Å². The first-order chi connectivity index (χ1) is 11.8. The number of benzene rings is 2. The molecule has 3 heterocycles. The van der Waals surface area contributed by atoms with Crippen LogP contribution in [-0.4, -0.2) is 38.4 Å². The van der Waals surface area contributed by atoms with Crippen molar-refractivity contribution >= 4 is 0 Å². The van der Waals surface area contributed by atoms with Crippen LogP contribution < -0.4 is 14.2 Å². The Labute approximate surface area is 141 Å². The Hall–Kier alpha value is -2.20. The molecule has 124 valence electrons. The lowest BCUT2D eigenvalue weighted by atomic mass is 9.86. The van der Waals surface area contributed by atoms with Gasteiger partial charge in [-0.1, -0.05) is 24.3 Å². The van der Waals surface area contributed by atoms with Gasteiger partial charge in [0, 0.05) is 36.6 Å². The smallest absolute Gasteiger partial charge is 0.231 e. The molecule has 0 amide bonds. The number of para-hydroxylation sites is 1. The van der Waals surface area contributed by atoms with Gasteiger partial charge in [0.05, 0.1) is 6.61 Å². The van der Waals surface area contributed by atoms with E-state index in [1.807, 2.05) is 0 Å². The Kier molecular flexibility index (Phi) is 3.20. The minimum absolute atomic E-state index is 0.301. The van der Waals surface area contributed by atoms with Gasteiger partial charge in [0.2, 0.25) is 6.79 Å². The first kappa shape index (κ1) is 14.2. The van der Waals surface area contributed by atoms with E-state index in [4.69, 9.17) is 14.2 Å². The van der Waals surface area contributed by atoms with Gasteiger partial charge >= 0.3 is 0 Å². The summed E-state index contributed by atoms with van der Waals surface area (Å²) in [5.41, 5.74) is 5.29. The zero-order valence-electron chi connectivity index (χ0n) is 13.9. The number of fused-ring (bicyclic) bond motifs is 4. The van der Waals surface area contributed by atoms with Crippen molar-refractivity contribution in [2.45, 2.75) is 18.8 Å². The van der Waals surface area contributed by atoms with Crippen molar-refractivity contribution in [2.75, 3.05) is 33.5 Å². The maximum absolute atomic E-state index is 5.99. The fourth-order valence-corrected chi connectivity index (χ4v) is 4.21. The molecule has 1 unspecified atom stereocenters. The molecule has 0 bridgehead atoms. The molecule has 0 fully saturated rings. The van der Waals surface area contributed by atoms with E-state index in [-0.39, 0.29) is 0 Å². The van der Waals surface area contributed by atoms with Gasteiger partial charge in [-0.25, -0.2) is 0 Å². The van der Waals surface area contributed by atoms with Gasteiger partial charge in [-0.3, -0.25) is 0 Å². The van der Waals surface area contributed by atoms with E-state index in [2.05, 4.69) is 42.3 Å². The summed E-state index contributed by atoms with van der Waals surface area (Å²) in [4.78, 5) is 2.40. The number of rotatable bonds is 1. The molecule has 0 spiro atoms. The molecule has 0 radical (unpaired) electrons. The van der Waals surface area contributed by atoms with E-state index in [1.165, 1.54) is 22.3 Å². The third kappa shape index (κ3) is 2.09. The highest BCUT2D eigenvalue weighted by Gasteiger charge is 2.31. The third-order valence-corrected chi connectivity index (χ3v) is 5.41. The first-order valence-corrected chi connectivity index (χ1v) is 8.66. The molecule has 2 aromatic carbocycles. The number of hydrogen-bond donors (Lipinski definition) is 0. The average Bonchev–Trinajstić information content (AvgIpc) is 3.23. The molecule has 0 aliphatic carbocycles. The lowest BCUT2D eigenvalue weighted by Gasteiger charge is -2.24. The second-order valence-corrected chi connectivity index (χ2v) is 6.87. The standard InChI is InChI=1S/C20H21NO3/c1-21-9-7-16-14(5-6-18-20(16)24-12-23-18)17(11-21)15-4-2-3-13-8-10-22-19(13)15/h2-6,17H,7-12H2,1H3. The van der Waals surface area contributed by atoms with Crippen molar-refractivity contribution in [2.24, 2.45) is 0 Å². The van der Waals surface area contributed by atoms with Crippen LogP contribution in [0.4, 0.5) is 0 Å². The Bertz CT molecular complexity index is 802. The molecule has 5 rings (SSSR count). The second kappa shape index (κ2) is 5.42. The van der Waals surface area contributed by atoms with Crippen LogP contribution in [-0.2, 0) is 12.8 Å². The SMILES string of the molecule is CN1CCc2c(ccc3c2OCO3)C(c2cccc3c2OCC3)C1. The van der Waals surface area contributed by atoms with Crippen LogP contribution >= 0.6 is 0 Å². The predicted molar refractivity (Wildman–Crippen MR) is 91.3 cm³/mol. The van der Waals surface area contributed by atoms with Crippen LogP contribution in [0.5, 0.6) is 17.2 Å². The van der Waals surface area contributed by atoms with Crippen molar-refractivity contribution < 1.29 is 14.2 Å². The van der Waals surface area contributed by atoms with Crippen LogP contribution in [0.2, 0.25) is 0 Å². The summed E-state index contributed by atoms with van der Waals surface area (Å²) in [5.74, 6) is 3.23. The monoisotopic (exact) mass is 323 g/mol. The van der Waals surface area contributed by atoms with Crippen molar-refractivity contribution in [3.63, 3.8) is 0 Å². The van der Waals surface area contributed by atoms with Crippen LogP contribution in [0, 0.1) is 0 Å². The summed E-state index contributed by atoms with van der Waals surface area (Å²) in [6.45, 7) is 3.14. The first-order valence-electron chi connectivity index (χ1n) is 8.66. The fourth-order valence-electron chi connectivity index (χ4n) is 4.21. The molecule has 0 saturated carbocycles. The molecule has 24 heavy (non-hydrogen) atoms. The minimum Gasteiger partial charge on any atom is -0.493 e. The van der Waals surface area contributed by atoms with Crippen molar-refractivity contribution in [1.82, 2.24) is 4.90 Å². The summed E-state index contributed by atoms with van der Waals surface area (Å²) in [7, 11) is 2.19. The Morgan fingerprint density at radius 1 is 0.958 bits per heavy atom. The Morgan fingerprint density at radius 3 is 2.88 bits per heavy atom. The van der Waals surface area contributed by atoms with Crippen LogP contribution in [0.25, 0.3) is 0 Å². The maximum Gasteiger partial charge on any atom is 0.231 e. The van der Waals surface area contributed by atoms with Gasteiger partial charge < -0.3 is 19.1 Å².